The van der Waals surface area contributed by atoms with Crippen LogP contribution < -0.4 is 0 Å². The number of carbonyl (C=O) groups excluding carboxylic acids is 1. The minimum absolute atomic E-state index is 0.331. The quantitative estimate of drug-likeness (QED) is 0.382. The van der Waals surface area contributed by atoms with E-state index in [0.717, 1.165) is 38.5 Å². The molecule has 210 valence electrons. The number of aryl methyl sites for hydroxylation is 2. The maximum atomic E-state index is 11.8. The van der Waals surface area contributed by atoms with Gasteiger partial charge in [-0.3, -0.25) is 4.79 Å². The van der Waals surface area contributed by atoms with Crippen molar-refractivity contribution >= 4 is 29.3 Å². The molecular weight excluding hydrogens is 521 g/mol. The van der Waals surface area contributed by atoms with Crippen LogP contribution in [0.25, 0.3) is 0 Å². The summed E-state index contributed by atoms with van der Waals surface area (Å²) in [4.78, 5) is 11.8. The largest absolute Gasteiger partial charge is 0.508 e. The Labute approximate surface area is 242 Å². The number of carbonyl (C=O) groups is 1. The van der Waals surface area contributed by atoms with Crippen LogP contribution in [0.1, 0.15) is 112 Å². The van der Waals surface area contributed by atoms with Crippen LogP contribution >= 0.6 is 23.5 Å². The van der Waals surface area contributed by atoms with Gasteiger partial charge in [-0.2, -0.15) is 0 Å². The lowest BCUT2D eigenvalue weighted by molar-refractivity contribution is -0.123. The highest BCUT2D eigenvalue weighted by atomic mass is 32.2. The van der Waals surface area contributed by atoms with Gasteiger partial charge in [-0.15, -0.1) is 23.5 Å². The van der Waals surface area contributed by atoms with Gasteiger partial charge in [0.2, 0.25) is 0 Å². The van der Waals surface area contributed by atoms with Gasteiger partial charge in [0.1, 0.15) is 17.3 Å². The first-order valence-corrected chi connectivity index (χ1v) is 17.2. The Kier molecular flexibility index (Phi) is 7.54. The van der Waals surface area contributed by atoms with Crippen molar-refractivity contribution in [2.24, 2.45) is 10.8 Å². The van der Waals surface area contributed by atoms with Crippen LogP contribution in [0.4, 0.5) is 0 Å². The van der Waals surface area contributed by atoms with E-state index in [9.17, 15) is 15.0 Å². The van der Waals surface area contributed by atoms with E-state index in [-0.39, 0.29) is 0 Å². The van der Waals surface area contributed by atoms with E-state index in [1.807, 2.05) is 24.3 Å². The van der Waals surface area contributed by atoms with Crippen molar-refractivity contribution in [2.45, 2.75) is 107 Å². The standard InChI is InChI=1S/C18H24OS2.C16H20O2/c1-2-17-6-5-13-11-14(19)3-4-15(13)16(17)12-18(8-7-17)20-9-10-21-18;1-2-16-7-5-11-9-12(17)3-4-14(11)15(16)10-13(18)6-8-16/h3-4,11,16,19H,2,5-10,12H2,1H3;3-4,9,15,17H,2,5-8,10H2,1H3/t16-,17+;15-,16+/m11/s1. The molecule has 5 aliphatic rings. The van der Waals surface area contributed by atoms with Crippen molar-refractivity contribution in [3.8, 4) is 11.5 Å². The second-order valence-corrected chi connectivity index (χ2v) is 16.1. The van der Waals surface area contributed by atoms with Gasteiger partial charge in [0.05, 0.1) is 4.08 Å². The van der Waals surface area contributed by atoms with Gasteiger partial charge < -0.3 is 10.2 Å². The summed E-state index contributed by atoms with van der Waals surface area (Å²) in [5, 5.41) is 19.4. The average molecular weight is 565 g/mol. The number of hydrogen-bond acceptors (Lipinski definition) is 5. The number of fused-ring (bicyclic) bond motifs is 6. The molecule has 3 nitrogen and oxygen atoms in total. The first-order valence-electron chi connectivity index (χ1n) is 15.2. The highest BCUT2D eigenvalue weighted by Gasteiger charge is 2.52. The molecule has 1 spiro atoms. The van der Waals surface area contributed by atoms with Crippen molar-refractivity contribution in [2.75, 3.05) is 11.5 Å². The van der Waals surface area contributed by atoms with Crippen LogP contribution in [0.15, 0.2) is 36.4 Å². The highest BCUT2D eigenvalue weighted by molar-refractivity contribution is 8.21. The van der Waals surface area contributed by atoms with Crippen molar-refractivity contribution < 1.29 is 15.0 Å². The maximum Gasteiger partial charge on any atom is 0.133 e. The van der Waals surface area contributed by atoms with Gasteiger partial charge in [0, 0.05) is 24.3 Å². The zero-order valence-electron chi connectivity index (χ0n) is 23.6. The minimum Gasteiger partial charge on any atom is -0.508 e. The third kappa shape index (κ3) is 4.94. The topological polar surface area (TPSA) is 57.5 Å². The maximum absolute atomic E-state index is 11.8. The molecule has 7 rings (SSSR count). The number of thioether (sulfide) groups is 2. The lowest BCUT2D eigenvalue weighted by Crippen LogP contribution is -2.42. The summed E-state index contributed by atoms with van der Waals surface area (Å²) < 4.78 is 0.496. The molecule has 1 heterocycles. The van der Waals surface area contributed by atoms with Gasteiger partial charge in [0.15, 0.2) is 0 Å². The molecule has 2 N–H and O–H groups in total. The smallest absolute Gasteiger partial charge is 0.133 e. The lowest BCUT2D eigenvalue weighted by atomic mass is 9.56. The first-order chi connectivity index (χ1) is 18.8. The summed E-state index contributed by atoms with van der Waals surface area (Å²) in [5.41, 5.74) is 6.38. The highest BCUT2D eigenvalue weighted by Crippen LogP contribution is 2.65. The van der Waals surface area contributed by atoms with E-state index < -0.39 is 0 Å². The summed E-state index contributed by atoms with van der Waals surface area (Å²) in [6, 6.07) is 11.8. The predicted octanol–water partition coefficient (Wildman–Crippen LogP) is 8.75. The second kappa shape index (κ2) is 10.7. The molecule has 0 bridgehead atoms. The fourth-order valence-electron chi connectivity index (χ4n) is 8.85. The number of ketones is 1. The molecule has 2 aromatic rings. The fraction of sp³-hybridized carbons (Fsp3) is 0.618. The summed E-state index contributed by atoms with van der Waals surface area (Å²) >= 11 is 4.44. The Morgan fingerprint density at radius 1 is 0.744 bits per heavy atom. The fourth-order valence-corrected chi connectivity index (χ4v) is 12.2. The first kappa shape index (κ1) is 27.6. The van der Waals surface area contributed by atoms with E-state index in [2.05, 4.69) is 43.4 Å². The Morgan fingerprint density at radius 3 is 1.87 bits per heavy atom. The van der Waals surface area contributed by atoms with Crippen molar-refractivity contribution in [1.82, 2.24) is 0 Å². The zero-order valence-corrected chi connectivity index (χ0v) is 25.3. The van der Waals surface area contributed by atoms with Crippen molar-refractivity contribution in [3.63, 3.8) is 0 Å². The van der Waals surface area contributed by atoms with E-state index in [0.29, 0.717) is 50.4 Å². The summed E-state index contributed by atoms with van der Waals surface area (Å²) in [6.07, 6.45) is 13.8. The molecule has 39 heavy (non-hydrogen) atoms. The summed E-state index contributed by atoms with van der Waals surface area (Å²) in [5.74, 6) is 4.95. The Morgan fingerprint density at radius 2 is 1.28 bits per heavy atom. The molecule has 2 aromatic carbocycles. The number of phenols is 2. The monoisotopic (exact) mass is 564 g/mol. The Bertz CT molecular complexity index is 1230. The van der Waals surface area contributed by atoms with Gasteiger partial charge in [-0.05, 0) is 133 Å². The van der Waals surface area contributed by atoms with E-state index in [1.54, 1.807) is 11.6 Å². The number of benzene rings is 2. The van der Waals surface area contributed by atoms with Gasteiger partial charge in [-0.25, -0.2) is 0 Å². The van der Waals surface area contributed by atoms with Crippen LogP contribution in [0.3, 0.4) is 0 Å². The molecule has 0 amide bonds. The SMILES string of the molecule is CC[C@@]12CCc3cc(O)ccc3[C@H]1CC1(CC2)SCCS1.CC[C@]12CCC(=O)C[C@@H]1c1ccc(O)cc1CC2. The molecule has 1 aliphatic heterocycles. The lowest BCUT2D eigenvalue weighted by Gasteiger charge is -2.53. The molecule has 4 atom stereocenters. The average Bonchev–Trinajstić information content (AvgIpc) is 3.41. The molecule has 3 fully saturated rings. The van der Waals surface area contributed by atoms with Crippen molar-refractivity contribution in [3.05, 3.63) is 58.7 Å². The van der Waals surface area contributed by atoms with Crippen LogP contribution in [0.2, 0.25) is 0 Å². The second-order valence-electron chi connectivity index (χ2n) is 12.9. The molecule has 0 unspecified atom stereocenters. The van der Waals surface area contributed by atoms with Gasteiger partial charge in [0.25, 0.3) is 0 Å². The zero-order chi connectivity index (χ0) is 27.3. The summed E-state index contributed by atoms with van der Waals surface area (Å²) in [6.45, 7) is 4.65. The van der Waals surface area contributed by atoms with E-state index in [4.69, 9.17) is 0 Å². The number of aromatic hydroxyl groups is 2. The molecule has 5 heteroatoms. The third-order valence-corrected chi connectivity index (χ3v) is 14.9. The van der Waals surface area contributed by atoms with E-state index in [1.165, 1.54) is 60.3 Å². The van der Waals surface area contributed by atoms with E-state index >= 15 is 0 Å². The van der Waals surface area contributed by atoms with Crippen LogP contribution in [-0.2, 0) is 17.6 Å². The number of phenolic OH excluding ortho intramolecular Hbond substituents is 2. The normalized spacial score (nSPS) is 32.3. The van der Waals surface area contributed by atoms with Gasteiger partial charge >= 0.3 is 0 Å². The van der Waals surface area contributed by atoms with Crippen LogP contribution in [0, 0.1) is 10.8 Å². The molecular formula is C34H44O3S2. The Balaban J connectivity index is 0.000000144. The molecule has 2 saturated carbocycles. The summed E-state index contributed by atoms with van der Waals surface area (Å²) in [7, 11) is 0. The van der Waals surface area contributed by atoms with Crippen LogP contribution in [-0.4, -0.2) is 31.6 Å². The molecule has 4 aliphatic carbocycles. The number of Topliss-reactive ketones (excluding diaryl/α,β-unsaturated/α-hetero) is 1. The van der Waals surface area contributed by atoms with Crippen molar-refractivity contribution in [1.29, 1.82) is 0 Å². The molecule has 1 saturated heterocycles. The molecule has 0 radical (unpaired) electrons. The number of hydrogen-bond donors (Lipinski definition) is 2. The molecule has 0 aromatic heterocycles. The third-order valence-electron chi connectivity index (χ3n) is 11.3. The Hall–Kier alpha value is -1.59. The van der Waals surface area contributed by atoms with Crippen LogP contribution in [0.5, 0.6) is 11.5 Å². The minimum atomic E-state index is 0.331. The number of rotatable bonds is 2. The van der Waals surface area contributed by atoms with Gasteiger partial charge in [-0.1, -0.05) is 26.0 Å². The predicted molar refractivity (Wildman–Crippen MR) is 164 cm³/mol.